The van der Waals surface area contributed by atoms with E-state index in [0.717, 1.165) is 37.6 Å². The van der Waals surface area contributed by atoms with Crippen molar-refractivity contribution in [2.45, 2.75) is 56.0 Å². The second-order valence-corrected chi connectivity index (χ2v) is 7.36. The van der Waals surface area contributed by atoms with Crippen molar-refractivity contribution in [2.75, 3.05) is 13.2 Å². The van der Waals surface area contributed by atoms with Crippen molar-refractivity contribution in [3.05, 3.63) is 23.9 Å². The van der Waals surface area contributed by atoms with Crippen LogP contribution in [-0.2, 0) is 11.3 Å². The van der Waals surface area contributed by atoms with Gasteiger partial charge in [0.05, 0.1) is 5.03 Å². The summed E-state index contributed by atoms with van der Waals surface area (Å²) in [5.41, 5.74) is 1.39. The molecule has 4 heteroatoms. The maximum absolute atomic E-state index is 5.38. The average molecular weight is 280 g/mol. The second-order valence-electron chi connectivity index (χ2n) is 6.04. The summed E-state index contributed by atoms with van der Waals surface area (Å²) in [5, 5.41) is 5.27. The van der Waals surface area contributed by atoms with Gasteiger partial charge >= 0.3 is 0 Å². The Bertz CT molecular complexity index is 380. The monoisotopic (exact) mass is 280 g/mol. The van der Waals surface area contributed by atoms with E-state index in [0.29, 0.717) is 5.25 Å². The number of thioether (sulfide) groups is 1. The van der Waals surface area contributed by atoms with Crippen LogP contribution in [0.15, 0.2) is 23.4 Å². The predicted molar refractivity (Wildman–Crippen MR) is 80.5 cm³/mol. The molecule has 0 atom stereocenters. The molecule has 2 heterocycles. The molecular formula is C15H24N2OS. The second kappa shape index (κ2) is 6.73. The molecule has 2 rings (SSSR count). The largest absolute Gasteiger partial charge is 0.381 e. The molecule has 1 aliphatic rings. The van der Waals surface area contributed by atoms with E-state index in [1.807, 2.05) is 18.0 Å². The Hall–Kier alpha value is -0.580. The molecule has 0 aromatic carbocycles. The van der Waals surface area contributed by atoms with Crippen molar-refractivity contribution in [3.63, 3.8) is 0 Å². The molecule has 1 aromatic rings. The van der Waals surface area contributed by atoms with Crippen LogP contribution in [0, 0.1) is 0 Å². The number of nitrogens with one attached hydrogen (secondary N) is 1. The minimum absolute atomic E-state index is 0.148. The zero-order chi connectivity index (χ0) is 13.7. The molecule has 1 N–H and O–H groups in total. The molecular weight excluding hydrogens is 256 g/mol. The summed E-state index contributed by atoms with van der Waals surface area (Å²) >= 11 is 1.89. The lowest BCUT2D eigenvalue weighted by Gasteiger charge is -2.21. The lowest BCUT2D eigenvalue weighted by molar-refractivity contribution is 0.1000. The quantitative estimate of drug-likeness (QED) is 0.918. The number of hydrogen-bond donors (Lipinski definition) is 1. The van der Waals surface area contributed by atoms with Gasteiger partial charge in [0.25, 0.3) is 0 Å². The van der Waals surface area contributed by atoms with Crippen molar-refractivity contribution in [1.82, 2.24) is 10.3 Å². The van der Waals surface area contributed by atoms with E-state index in [9.17, 15) is 0 Å². The van der Waals surface area contributed by atoms with Gasteiger partial charge in [-0.3, -0.25) is 0 Å². The maximum atomic E-state index is 5.38. The van der Waals surface area contributed by atoms with E-state index < -0.39 is 0 Å². The smallest absolute Gasteiger partial charge is 0.0962 e. The van der Waals surface area contributed by atoms with Crippen molar-refractivity contribution in [3.8, 4) is 0 Å². The van der Waals surface area contributed by atoms with Gasteiger partial charge in [-0.2, -0.15) is 0 Å². The van der Waals surface area contributed by atoms with Crippen molar-refractivity contribution >= 4 is 11.8 Å². The highest BCUT2D eigenvalue weighted by molar-refractivity contribution is 7.99. The third-order valence-electron chi connectivity index (χ3n) is 3.08. The molecule has 106 valence electrons. The molecule has 1 aromatic heterocycles. The maximum Gasteiger partial charge on any atom is 0.0962 e. The van der Waals surface area contributed by atoms with Gasteiger partial charge in [-0.25, -0.2) is 4.98 Å². The van der Waals surface area contributed by atoms with Crippen molar-refractivity contribution in [2.24, 2.45) is 0 Å². The number of nitrogens with zero attached hydrogens (tertiary/aromatic N) is 1. The Kier molecular flexibility index (Phi) is 5.25. The molecule has 1 aliphatic heterocycles. The first-order valence-corrected chi connectivity index (χ1v) is 7.85. The van der Waals surface area contributed by atoms with Gasteiger partial charge in [0.2, 0.25) is 0 Å². The standard InChI is InChI=1S/C15H24N2OS/c1-15(2,3)17-11-12-4-5-14(16-10-12)19-13-6-8-18-9-7-13/h4-5,10,13,17H,6-9,11H2,1-3H3. The summed E-state index contributed by atoms with van der Waals surface area (Å²) in [4.78, 5) is 4.56. The number of ether oxygens (including phenoxy) is 1. The normalized spacial score (nSPS) is 17.6. The highest BCUT2D eigenvalue weighted by Crippen LogP contribution is 2.28. The Labute approximate surface area is 120 Å². The fourth-order valence-corrected chi connectivity index (χ4v) is 2.95. The Morgan fingerprint density at radius 1 is 1.32 bits per heavy atom. The fourth-order valence-electron chi connectivity index (χ4n) is 1.92. The SMILES string of the molecule is CC(C)(C)NCc1ccc(SC2CCOCC2)nc1. The van der Waals surface area contributed by atoms with Crippen LogP contribution in [0.3, 0.4) is 0 Å². The lowest BCUT2D eigenvalue weighted by atomic mass is 10.1. The zero-order valence-corrected chi connectivity index (χ0v) is 12.9. The highest BCUT2D eigenvalue weighted by atomic mass is 32.2. The zero-order valence-electron chi connectivity index (χ0n) is 12.1. The summed E-state index contributed by atoms with van der Waals surface area (Å²) in [5.74, 6) is 0. The Morgan fingerprint density at radius 2 is 2.05 bits per heavy atom. The minimum atomic E-state index is 0.148. The Morgan fingerprint density at radius 3 is 2.63 bits per heavy atom. The van der Waals surface area contributed by atoms with Gasteiger partial charge in [0.1, 0.15) is 0 Å². The van der Waals surface area contributed by atoms with Gasteiger partial charge in [-0.15, -0.1) is 11.8 Å². The van der Waals surface area contributed by atoms with E-state index >= 15 is 0 Å². The number of rotatable bonds is 4. The van der Waals surface area contributed by atoms with Crippen LogP contribution in [0.4, 0.5) is 0 Å². The first-order valence-electron chi connectivity index (χ1n) is 6.97. The van der Waals surface area contributed by atoms with Crippen LogP contribution < -0.4 is 5.32 Å². The fraction of sp³-hybridized carbons (Fsp3) is 0.667. The highest BCUT2D eigenvalue weighted by Gasteiger charge is 2.15. The van der Waals surface area contributed by atoms with Crippen molar-refractivity contribution in [1.29, 1.82) is 0 Å². The molecule has 0 saturated carbocycles. The minimum Gasteiger partial charge on any atom is -0.381 e. The van der Waals surface area contributed by atoms with E-state index in [2.05, 4.69) is 43.2 Å². The van der Waals surface area contributed by atoms with E-state index in [1.54, 1.807) is 0 Å². The molecule has 1 saturated heterocycles. The Balaban J connectivity index is 1.83. The third-order valence-corrected chi connectivity index (χ3v) is 4.36. The molecule has 0 unspecified atom stereocenters. The molecule has 0 aliphatic carbocycles. The van der Waals surface area contributed by atoms with E-state index in [1.165, 1.54) is 5.56 Å². The molecule has 3 nitrogen and oxygen atoms in total. The molecule has 1 fully saturated rings. The molecule has 0 radical (unpaired) electrons. The van der Waals surface area contributed by atoms with Crippen LogP contribution in [0.1, 0.15) is 39.2 Å². The van der Waals surface area contributed by atoms with Gasteiger partial charge in [0.15, 0.2) is 0 Å². The molecule has 0 bridgehead atoms. The molecule has 0 spiro atoms. The van der Waals surface area contributed by atoms with Crippen LogP contribution in [0.25, 0.3) is 0 Å². The van der Waals surface area contributed by atoms with Crippen molar-refractivity contribution < 1.29 is 4.74 Å². The van der Waals surface area contributed by atoms with E-state index in [4.69, 9.17) is 4.74 Å². The topological polar surface area (TPSA) is 34.1 Å². The van der Waals surface area contributed by atoms with Gasteiger partial charge in [-0.1, -0.05) is 6.07 Å². The number of aromatic nitrogens is 1. The predicted octanol–water partition coefficient (Wildman–Crippen LogP) is 3.24. The molecule has 0 amide bonds. The van der Waals surface area contributed by atoms with E-state index in [-0.39, 0.29) is 5.54 Å². The van der Waals surface area contributed by atoms with Crippen LogP contribution in [0.5, 0.6) is 0 Å². The van der Waals surface area contributed by atoms with Crippen LogP contribution >= 0.6 is 11.8 Å². The third kappa shape index (κ3) is 5.51. The first kappa shape index (κ1) is 14.8. The first-order chi connectivity index (χ1) is 9.03. The summed E-state index contributed by atoms with van der Waals surface area (Å²) in [6, 6.07) is 4.31. The van der Waals surface area contributed by atoms with Crippen LogP contribution in [-0.4, -0.2) is 29.0 Å². The summed E-state index contributed by atoms with van der Waals surface area (Å²) < 4.78 is 5.38. The van der Waals surface area contributed by atoms with Gasteiger partial charge < -0.3 is 10.1 Å². The van der Waals surface area contributed by atoms with Gasteiger partial charge in [-0.05, 0) is 45.2 Å². The number of hydrogen-bond acceptors (Lipinski definition) is 4. The summed E-state index contributed by atoms with van der Waals surface area (Å²) in [6.07, 6.45) is 4.26. The average Bonchev–Trinajstić information content (AvgIpc) is 2.38. The van der Waals surface area contributed by atoms with Gasteiger partial charge in [0, 0.05) is 36.7 Å². The summed E-state index contributed by atoms with van der Waals surface area (Å²) in [7, 11) is 0. The summed E-state index contributed by atoms with van der Waals surface area (Å²) in [6.45, 7) is 9.19. The molecule has 19 heavy (non-hydrogen) atoms. The lowest BCUT2D eigenvalue weighted by Crippen LogP contribution is -2.35. The number of pyridine rings is 1. The van der Waals surface area contributed by atoms with Crippen LogP contribution in [0.2, 0.25) is 0 Å².